The van der Waals surface area contributed by atoms with E-state index in [1.54, 1.807) is 37.7 Å². The fourth-order valence-electron chi connectivity index (χ4n) is 1.80. The van der Waals surface area contributed by atoms with Crippen molar-refractivity contribution in [3.05, 3.63) is 28.4 Å². The second-order valence-electron chi connectivity index (χ2n) is 3.92. The number of rotatable bonds is 2. The van der Waals surface area contributed by atoms with Gasteiger partial charge in [-0.05, 0) is 18.2 Å². The Kier molecular flexibility index (Phi) is 3.95. The third-order valence-electron chi connectivity index (χ3n) is 2.74. The van der Waals surface area contributed by atoms with Gasteiger partial charge in [-0.15, -0.1) is 0 Å². The van der Waals surface area contributed by atoms with E-state index >= 15 is 0 Å². The van der Waals surface area contributed by atoms with Gasteiger partial charge in [-0.3, -0.25) is 0 Å². The summed E-state index contributed by atoms with van der Waals surface area (Å²) in [6.07, 6.45) is 0. The summed E-state index contributed by atoms with van der Waals surface area (Å²) in [6, 6.07) is 5.74. The minimum Gasteiger partial charge on any atom is -0.493 e. The zero-order chi connectivity index (χ0) is 14.3. The molecule has 104 valence electrons. The van der Waals surface area contributed by atoms with Gasteiger partial charge in [-0.2, -0.15) is 0 Å². The van der Waals surface area contributed by atoms with Crippen molar-refractivity contribution < 1.29 is 9.47 Å². The number of methoxy groups -OCH3 is 2. The number of fused-ring (bicyclic) bond motifs is 2. The molecule has 0 saturated carbocycles. The lowest BCUT2D eigenvalue weighted by molar-refractivity contribution is 0.352. The van der Waals surface area contributed by atoms with E-state index in [-0.39, 0.29) is 0 Å². The van der Waals surface area contributed by atoms with E-state index in [0.29, 0.717) is 21.7 Å². The molecule has 0 unspecified atom stereocenters. The Morgan fingerprint density at radius 2 is 1.50 bits per heavy atom. The number of ether oxygens (including phenoxy) is 2. The van der Waals surface area contributed by atoms with Crippen molar-refractivity contribution in [2.24, 2.45) is 0 Å². The highest BCUT2D eigenvalue weighted by Gasteiger charge is 2.22. The largest absolute Gasteiger partial charge is 0.493 e. The monoisotopic (exact) mass is 345 g/mol. The maximum Gasteiger partial charge on any atom is 0.161 e. The number of halogens is 2. The minimum atomic E-state index is 0.322. The standard InChI is InChI=1S/C13H9Cl2NO2S2/c1-17-7-4-9-10(5-8(7)18-2)20-13-11(19-9)3-6(14)12(15)16-13/h3-5H,1-2H3. The fourth-order valence-corrected chi connectivity index (χ4v) is 4.41. The van der Waals surface area contributed by atoms with Crippen LogP contribution in [0.25, 0.3) is 0 Å². The highest BCUT2D eigenvalue weighted by molar-refractivity contribution is 8.05. The average Bonchev–Trinajstić information content (AvgIpc) is 2.45. The van der Waals surface area contributed by atoms with Crippen molar-refractivity contribution in [3.63, 3.8) is 0 Å². The molecule has 0 atom stereocenters. The van der Waals surface area contributed by atoms with E-state index in [1.165, 1.54) is 0 Å². The molecule has 0 saturated heterocycles. The van der Waals surface area contributed by atoms with Gasteiger partial charge in [0.2, 0.25) is 0 Å². The lowest BCUT2D eigenvalue weighted by Gasteiger charge is -2.20. The molecule has 1 aliphatic heterocycles. The van der Waals surface area contributed by atoms with Crippen LogP contribution in [0.3, 0.4) is 0 Å². The van der Waals surface area contributed by atoms with Gasteiger partial charge in [0, 0.05) is 14.7 Å². The van der Waals surface area contributed by atoms with Crippen molar-refractivity contribution in [1.29, 1.82) is 0 Å². The molecule has 0 spiro atoms. The van der Waals surface area contributed by atoms with Crippen LogP contribution in [-0.4, -0.2) is 19.2 Å². The summed E-state index contributed by atoms with van der Waals surface area (Å²) >= 11 is 15.1. The molecule has 1 aromatic carbocycles. The highest BCUT2D eigenvalue weighted by atomic mass is 35.5. The van der Waals surface area contributed by atoms with Crippen LogP contribution < -0.4 is 9.47 Å². The second kappa shape index (κ2) is 5.56. The normalized spacial score (nSPS) is 12.6. The Morgan fingerprint density at radius 3 is 2.10 bits per heavy atom. The summed E-state index contributed by atoms with van der Waals surface area (Å²) in [4.78, 5) is 7.45. The molecule has 1 aromatic heterocycles. The topological polar surface area (TPSA) is 31.4 Å². The summed E-state index contributed by atoms with van der Waals surface area (Å²) in [5, 5.41) is 1.63. The number of hydrogen-bond acceptors (Lipinski definition) is 5. The Hall–Kier alpha value is -0.750. The van der Waals surface area contributed by atoms with Gasteiger partial charge in [-0.1, -0.05) is 46.7 Å². The average molecular weight is 346 g/mol. The van der Waals surface area contributed by atoms with Gasteiger partial charge in [0.15, 0.2) is 11.5 Å². The zero-order valence-electron chi connectivity index (χ0n) is 10.6. The first-order chi connectivity index (χ1) is 9.62. The van der Waals surface area contributed by atoms with Crippen LogP contribution in [0.4, 0.5) is 0 Å². The van der Waals surface area contributed by atoms with Crippen molar-refractivity contribution in [1.82, 2.24) is 4.98 Å². The van der Waals surface area contributed by atoms with Gasteiger partial charge >= 0.3 is 0 Å². The van der Waals surface area contributed by atoms with Crippen LogP contribution in [0, 0.1) is 0 Å². The second-order valence-corrected chi connectivity index (χ2v) is 6.80. The van der Waals surface area contributed by atoms with Crippen molar-refractivity contribution in [2.75, 3.05) is 14.2 Å². The van der Waals surface area contributed by atoms with Gasteiger partial charge in [0.25, 0.3) is 0 Å². The number of aromatic nitrogens is 1. The first kappa shape index (κ1) is 14.2. The molecule has 3 rings (SSSR count). The Labute approximate surface area is 135 Å². The smallest absolute Gasteiger partial charge is 0.161 e. The lowest BCUT2D eigenvalue weighted by Crippen LogP contribution is -1.97. The van der Waals surface area contributed by atoms with E-state index in [0.717, 1.165) is 19.7 Å². The molecule has 0 bridgehead atoms. The van der Waals surface area contributed by atoms with Crippen LogP contribution in [0.15, 0.2) is 37.9 Å². The van der Waals surface area contributed by atoms with Crippen LogP contribution in [0.1, 0.15) is 0 Å². The molecule has 0 radical (unpaired) electrons. The number of hydrogen-bond donors (Lipinski definition) is 0. The Bertz CT molecular complexity index is 637. The van der Waals surface area contributed by atoms with Crippen LogP contribution in [0.2, 0.25) is 10.2 Å². The summed E-state index contributed by atoms with van der Waals surface area (Å²) in [6.45, 7) is 0. The minimum absolute atomic E-state index is 0.322. The first-order valence-electron chi connectivity index (χ1n) is 5.60. The van der Waals surface area contributed by atoms with Gasteiger partial charge in [0.05, 0.1) is 19.2 Å². The van der Waals surface area contributed by atoms with E-state index in [9.17, 15) is 0 Å². The van der Waals surface area contributed by atoms with Crippen LogP contribution >= 0.6 is 46.7 Å². The first-order valence-corrected chi connectivity index (χ1v) is 7.99. The summed E-state index contributed by atoms with van der Waals surface area (Å²) < 4.78 is 10.6. The summed E-state index contributed by atoms with van der Waals surface area (Å²) in [5.41, 5.74) is 0. The molecule has 0 amide bonds. The quantitative estimate of drug-likeness (QED) is 0.608. The predicted molar refractivity (Wildman–Crippen MR) is 82.0 cm³/mol. The highest BCUT2D eigenvalue weighted by Crippen LogP contribution is 2.51. The zero-order valence-corrected chi connectivity index (χ0v) is 13.7. The van der Waals surface area contributed by atoms with Crippen molar-refractivity contribution in [2.45, 2.75) is 19.7 Å². The molecule has 2 aromatic rings. The molecular formula is C13H9Cl2NO2S2. The van der Waals surface area contributed by atoms with Gasteiger partial charge in [-0.25, -0.2) is 4.98 Å². The summed E-state index contributed by atoms with van der Waals surface area (Å²) in [5.74, 6) is 1.40. The van der Waals surface area contributed by atoms with E-state index in [1.807, 2.05) is 18.2 Å². The molecule has 0 N–H and O–H groups in total. The molecule has 1 aliphatic rings. The van der Waals surface area contributed by atoms with Gasteiger partial charge in [0.1, 0.15) is 10.2 Å². The Balaban J connectivity index is 2.08. The predicted octanol–water partition coefficient (Wildman–Crippen LogP) is 5.02. The van der Waals surface area contributed by atoms with E-state index in [4.69, 9.17) is 32.7 Å². The molecule has 20 heavy (non-hydrogen) atoms. The molecular weight excluding hydrogens is 337 g/mol. The van der Waals surface area contributed by atoms with Crippen molar-refractivity contribution >= 4 is 46.7 Å². The molecule has 0 aliphatic carbocycles. The number of nitrogens with zero attached hydrogens (tertiary/aromatic N) is 1. The van der Waals surface area contributed by atoms with Crippen LogP contribution in [0.5, 0.6) is 11.5 Å². The molecule has 7 heteroatoms. The van der Waals surface area contributed by atoms with E-state index < -0.39 is 0 Å². The van der Waals surface area contributed by atoms with Crippen LogP contribution in [-0.2, 0) is 0 Å². The molecule has 2 heterocycles. The molecule has 3 nitrogen and oxygen atoms in total. The number of benzene rings is 1. The lowest BCUT2D eigenvalue weighted by atomic mass is 10.3. The van der Waals surface area contributed by atoms with E-state index in [2.05, 4.69) is 4.98 Å². The molecule has 0 fully saturated rings. The third kappa shape index (κ3) is 2.44. The maximum absolute atomic E-state index is 6.02. The number of pyridine rings is 1. The fraction of sp³-hybridized carbons (Fsp3) is 0.154. The third-order valence-corrected chi connectivity index (χ3v) is 5.82. The summed E-state index contributed by atoms with van der Waals surface area (Å²) in [7, 11) is 3.24. The van der Waals surface area contributed by atoms with Gasteiger partial charge < -0.3 is 9.47 Å². The van der Waals surface area contributed by atoms with Crippen molar-refractivity contribution in [3.8, 4) is 11.5 Å². The SMILES string of the molecule is COc1cc2c(cc1OC)Sc1nc(Cl)c(Cl)cc1S2. The maximum atomic E-state index is 6.02. The Morgan fingerprint density at radius 1 is 0.900 bits per heavy atom.